The van der Waals surface area contributed by atoms with E-state index in [0.29, 0.717) is 17.4 Å². The van der Waals surface area contributed by atoms with Crippen molar-refractivity contribution in [2.45, 2.75) is 187 Å². The molecule has 306 valence electrons. The first-order chi connectivity index (χ1) is 25.0. The van der Waals surface area contributed by atoms with Crippen molar-refractivity contribution in [1.82, 2.24) is 0 Å². The quantitative estimate of drug-likeness (QED) is 0.0218. The van der Waals surface area contributed by atoms with E-state index >= 15 is 0 Å². The van der Waals surface area contributed by atoms with E-state index in [4.69, 9.17) is 18.5 Å². The third-order valence-corrected chi connectivity index (χ3v) is 9.97. The molecule has 0 aromatic carbocycles. The Morgan fingerprint density at radius 1 is 0.596 bits per heavy atom. The van der Waals surface area contributed by atoms with Gasteiger partial charge in [0.1, 0.15) is 19.8 Å². The van der Waals surface area contributed by atoms with Gasteiger partial charge < -0.3 is 18.9 Å². The molecule has 0 aromatic heterocycles. The lowest BCUT2D eigenvalue weighted by atomic mass is 10.1. The Labute approximate surface area is 319 Å². The number of phosphoric acid groups is 1. The first kappa shape index (κ1) is 50.5. The van der Waals surface area contributed by atoms with Crippen LogP contribution in [0.15, 0.2) is 24.3 Å². The number of nitrogens with zero attached hydrogens (tertiary/aromatic N) is 1. The fourth-order valence-corrected chi connectivity index (χ4v) is 6.37. The zero-order valence-electron chi connectivity index (χ0n) is 34.3. The molecule has 0 radical (unpaired) electrons. The van der Waals surface area contributed by atoms with E-state index in [-0.39, 0.29) is 32.0 Å². The highest BCUT2D eigenvalue weighted by atomic mass is 31.2. The maximum Gasteiger partial charge on any atom is 0.472 e. The van der Waals surface area contributed by atoms with Crippen molar-refractivity contribution < 1.29 is 42.1 Å². The number of hydrogen-bond donors (Lipinski definition) is 1. The van der Waals surface area contributed by atoms with Gasteiger partial charge in [0.15, 0.2) is 6.10 Å². The summed E-state index contributed by atoms with van der Waals surface area (Å²) in [6.45, 7) is 4.36. The zero-order valence-corrected chi connectivity index (χ0v) is 35.2. The molecule has 0 aliphatic heterocycles. The van der Waals surface area contributed by atoms with Crippen LogP contribution in [0, 0.1) is 0 Å². The predicted molar refractivity (Wildman–Crippen MR) is 215 cm³/mol. The van der Waals surface area contributed by atoms with Crippen LogP contribution < -0.4 is 0 Å². The van der Waals surface area contributed by atoms with Crippen molar-refractivity contribution >= 4 is 19.8 Å². The first-order valence-corrected chi connectivity index (χ1v) is 22.6. The Morgan fingerprint density at radius 3 is 1.52 bits per heavy atom. The van der Waals surface area contributed by atoms with E-state index in [0.717, 1.165) is 44.9 Å². The topological polar surface area (TPSA) is 108 Å². The standard InChI is InChI=1S/C42H80NO8P/c1-6-8-10-12-14-15-16-17-18-19-20-21-22-23-24-25-26-27-29-31-33-35-42(45)51-40(39-50-52(46,47)49-37-36-43(3,4)5)38-48-41(44)34-32-30-28-13-11-9-7-2/h16-17,19-20,40H,6-15,18,21-39H2,1-5H3/p+1/b17-16-,20-19-. The second-order valence-electron chi connectivity index (χ2n) is 15.4. The molecule has 9 nitrogen and oxygen atoms in total. The molecular formula is C42H81NO8P+. The summed E-state index contributed by atoms with van der Waals surface area (Å²) in [5.41, 5.74) is 0. The molecule has 0 saturated heterocycles. The zero-order chi connectivity index (χ0) is 38.6. The number of hydrogen-bond acceptors (Lipinski definition) is 7. The van der Waals surface area contributed by atoms with Gasteiger partial charge in [-0.2, -0.15) is 0 Å². The molecule has 52 heavy (non-hydrogen) atoms. The molecule has 0 bridgehead atoms. The molecule has 0 aliphatic rings. The molecular weight excluding hydrogens is 677 g/mol. The van der Waals surface area contributed by atoms with Gasteiger partial charge in [-0.3, -0.25) is 18.6 Å². The van der Waals surface area contributed by atoms with E-state index in [1.54, 1.807) is 0 Å². The Kier molecular flexibility index (Phi) is 34.2. The number of phosphoric ester groups is 1. The van der Waals surface area contributed by atoms with E-state index in [1.807, 2.05) is 21.1 Å². The number of rotatable bonds is 38. The molecule has 0 amide bonds. The van der Waals surface area contributed by atoms with E-state index in [1.165, 1.54) is 103 Å². The van der Waals surface area contributed by atoms with Gasteiger partial charge in [-0.25, -0.2) is 4.57 Å². The molecule has 1 N–H and O–H groups in total. The van der Waals surface area contributed by atoms with Gasteiger partial charge in [0.05, 0.1) is 27.7 Å². The largest absolute Gasteiger partial charge is 0.472 e. The summed E-state index contributed by atoms with van der Waals surface area (Å²) in [5, 5.41) is 0. The van der Waals surface area contributed by atoms with Gasteiger partial charge in [-0.1, -0.05) is 147 Å². The van der Waals surface area contributed by atoms with Crippen molar-refractivity contribution in [3.05, 3.63) is 24.3 Å². The van der Waals surface area contributed by atoms with Gasteiger partial charge in [-0.15, -0.1) is 0 Å². The Morgan fingerprint density at radius 2 is 1.04 bits per heavy atom. The van der Waals surface area contributed by atoms with Crippen LogP contribution >= 0.6 is 7.82 Å². The van der Waals surface area contributed by atoms with Gasteiger partial charge in [-0.05, 0) is 44.9 Å². The summed E-state index contributed by atoms with van der Waals surface area (Å²) in [4.78, 5) is 35.1. The van der Waals surface area contributed by atoms with Crippen LogP contribution in [-0.4, -0.2) is 74.9 Å². The monoisotopic (exact) mass is 759 g/mol. The fraction of sp³-hybridized carbons (Fsp3) is 0.857. The van der Waals surface area contributed by atoms with E-state index in [2.05, 4.69) is 38.2 Å². The van der Waals surface area contributed by atoms with Crippen molar-refractivity contribution in [1.29, 1.82) is 0 Å². The molecule has 2 atom stereocenters. The Bertz CT molecular complexity index is 949. The van der Waals surface area contributed by atoms with E-state index < -0.39 is 26.5 Å². The minimum atomic E-state index is -4.36. The fourth-order valence-electron chi connectivity index (χ4n) is 5.63. The highest BCUT2D eigenvalue weighted by Crippen LogP contribution is 2.43. The third kappa shape index (κ3) is 38.2. The lowest BCUT2D eigenvalue weighted by Gasteiger charge is -2.24. The minimum Gasteiger partial charge on any atom is -0.462 e. The molecule has 10 heteroatoms. The molecule has 2 unspecified atom stereocenters. The number of allylic oxidation sites excluding steroid dienone is 4. The molecule has 0 heterocycles. The maximum atomic E-state index is 12.6. The summed E-state index contributed by atoms with van der Waals surface area (Å²) >= 11 is 0. The molecule has 0 aromatic rings. The average molecular weight is 759 g/mol. The second-order valence-corrected chi connectivity index (χ2v) is 16.8. The molecule has 0 saturated carbocycles. The third-order valence-electron chi connectivity index (χ3n) is 8.98. The van der Waals surface area contributed by atoms with Crippen LogP contribution in [0.5, 0.6) is 0 Å². The van der Waals surface area contributed by atoms with Crippen LogP contribution in [0.4, 0.5) is 0 Å². The van der Waals surface area contributed by atoms with Gasteiger partial charge in [0.2, 0.25) is 0 Å². The number of carbonyl (C=O) groups excluding carboxylic acids is 2. The second kappa shape index (κ2) is 35.2. The SMILES string of the molecule is CCCCCCC/C=C\C/C=C\CCCCCCCCCCCC(=O)OC(COC(=O)CCCCCCCCC)COP(=O)(O)OCC[N+](C)(C)C. The predicted octanol–water partition coefficient (Wildman–Crippen LogP) is 11.6. The molecule has 0 aliphatic carbocycles. The van der Waals surface area contributed by atoms with Gasteiger partial charge in [0, 0.05) is 12.8 Å². The van der Waals surface area contributed by atoms with Crippen LogP contribution in [0.25, 0.3) is 0 Å². The molecule has 0 spiro atoms. The number of carbonyl (C=O) groups is 2. The Balaban J connectivity index is 4.23. The summed E-state index contributed by atoms with van der Waals surface area (Å²) in [5.74, 6) is -0.807. The highest BCUT2D eigenvalue weighted by molar-refractivity contribution is 7.47. The summed E-state index contributed by atoms with van der Waals surface area (Å²) in [6.07, 6.45) is 36.7. The van der Waals surface area contributed by atoms with Gasteiger partial charge in [0.25, 0.3) is 0 Å². The van der Waals surface area contributed by atoms with Crippen molar-refractivity contribution in [3.63, 3.8) is 0 Å². The van der Waals surface area contributed by atoms with Crippen LogP contribution in [0.3, 0.4) is 0 Å². The lowest BCUT2D eigenvalue weighted by Crippen LogP contribution is -2.37. The minimum absolute atomic E-state index is 0.0322. The molecule has 0 fully saturated rings. The van der Waals surface area contributed by atoms with E-state index in [9.17, 15) is 19.0 Å². The number of ether oxygens (including phenoxy) is 2. The van der Waals surface area contributed by atoms with Crippen molar-refractivity contribution in [2.75, 3.05) is 47.5 Å². The first-order valence-electron chi connectivity index (χ1n) is 21.1. The summed E-state index contributed by atoms with van der Waals surface area (Å²) < 4.78 is 34.1. The van der Waals surface area contributed by atoms with Crippen molar-refractivity contribution in [3.8, 4) is 0 Å². The number of likely N-dealkylation sites (N-methyl/N-ethyl adjacent to an activating group) is 1. The lowest BCUT2D eigenvalue weighted by molar-refractivity contribution is -0.870. The summed E-state index contributed by atoms with van der Waals surface area (Å²) in [7, 11) is 1.47. The summed E-state index contributed by atoms with van der Waals surface area (Å²) in [6, 6.07) is 0. The number of esters is 2. The normalized spacial score (nSPS) is 13.9. The van der Waals surface area contributed by atoms with Crippen LogP contribution in [0.1, 0.15) is 181 Å². The Hall–Kier alpha value is -1.51. The number of unbranched alkanes of at least 4 members (excludes halogenated alkanes) is 20. The molecule has 0 rings (SSSR count). The number of quaternary nitrogens is 1. The van der Waals surface area contributed by atoms with Crippen LogP contribution in [-0.2, 0) is 32.7 Å². The highest BCUT2D eigenvalue weighted by Gasteiger charge is 2.27. The maximum absolute atomic E-state index is 12.6. The smallest absolute Gasteiger partial charge is 0.462 e. The van der Waals surface area contributed by atoms with Crippen LogP contribution in [0.2, 0.25) is 0 Å². The van der Waals surface area contributed by atoms with Crippen molar-refractivity contribution in [2.24, 2.45) is 0 Å². The average Bonchev–Trinajstić information content (AvgIpc) is 3.09. The van der Waals surface area contributed by atoms with Gasteiger partial charge >= 0.3 is 19.8 Å².